The van der Waals surface area contributed by atoms with Gasteiger partial charge in [0.25, 0.3) is 0 Å². The molecule has 3 nitrogen and oxygen atoms in total. The van der Waals surface area contributed by atoms with Crippen molar-refractivity contribution in [2.24, 2.45) is 5.92 Å². The van der Waals surface area contributed by atoms with Crippen molar-refractivity contribution in [3.63, 3.8) is 0 Å². The standard InChI is InChI=1S/C15H23NO2/c1-12-4-3-5-14(10-12)18-9-7-15(16-2)13-6-8-17-11-13/h3-5,10,13,15-16H,6-9,11H2,1-2H3. The van der Waals surface area contributed by atoms with E-state index in [1.807, 2.05) is 19.2 Å². The lowest BCUT2D eigenvalue weighted by Crippen LogP contribution is -2.35. The van der Waals surface area contributed by atoms with Crippen LogP contribution in [0, 0.1) is 12.8 Å². The Morgan fingerprint density at radius 3 is 3.06 bits per heavy atom. The summed E-state index contributed by atoms with van der Waals surface area (Å²) in [5, 5.41) is 3.38. The molecule has 1 aliphatic rings. The lowest BCUT2D eigenvalue weighted by Gasteiger charge is -2.21. The SMILES string of the molecule is CNC(CCOc1cccc(C)c1)C1CCOC1. The van der Waals surface area contributed by atoms with Crippen molar-refractivity contribution in [3.8, 4) is 5.75 Å². The Morgan fingerprint density at radius 1 is 1.50 bits per heavy atom. The molecule has 18 heavy (non-hydrogen) atoms. The molecule has 0 amide bonds. The van der Waals surface area contributed by atoms with Gasteiger partial charge in [0, 0.05) is 12.6 Å². The fourth-order valence-electron chi connectivity index (χ4n) is 2.49. The van der Waals surface area contributed by atoms with Crippen molar-refractivity contribution in [2.75, 3.05) is 26.9 Å². The van der Waals surface area contributed by atoms with Gasteiger partial charge in [-0.25, -0.2) is 0 Å². The van der Waals surface area contributed by atoms with E-state index >= 15 is 0 Å². The van der Waals surface area contributed by atoms with E-state index in [1.54, 1.807) is 0 Å². The quantitative estimate of drug-likeness (QED) is 0.839. The Hall–Kier alpha value is -1.06. The predicted molar refractivity (Wildman–Crippen MR) is 73.1 cm³/mol. The van der Waals surface area contributed by atoms with Gasteiger partial charge in [0.2, 0.25) is 0 Å². The molecule has 2 unspecified atom stereocenters. The van der Waals surface area contributed by atoms with E-state index in [4.69, 9.17) is 9.47 Å². The molecule has 2 rings (SSSR count). The highest BCUT2D eigenvalue weighted by molar-refractivity contribution is 5.27. The minimum atomic E-state index is 0.498. The second-order valence-electron chi connectivity index (χ2n) is 4.97. The first kappa shape index (κ1) is 13.4. The van der Waals surface area contributed by atoms with Gasteiger partial charge in [0.05, 0.1) is 13.2 Å². The van der Waals surface area contributed by atoms with Gasteiger partial charge >= 0.3 is 0 Å². The van der Waals surface area contributed by atoms with E-state index < -0.39 is 0 Å². The van der Waals surface area contributed by atoms with Crippen LogP contribution < -0.4 is 10.1 Å². The monoisotopic (exact) mass is 249 g/mol. The van der Waals surface area contributed by atoms with Crippen LogP contribution in [0.25, 0.3) is 0 Å². The van der Waals surface area contributed by atoms with E-state index in [2.05, 4.69) is 24.4 Å². The Balaban J connectivity index is 1.76. The normalized spacial score (nSPS) is 20.9. The van der Waals surface area contributed by atoms with Crippen molar-refractivity contribution >= 4 is 0 Å². The molecule has 1 aliphatic heterocycles. The zero-order valence-corrected chi connectivity index (χ0v) is 11.3. The Labute approximate surface area is 109 Å². The molecule has 1 N–H and O–H groups in total. The van der Waals surface area contributed by atoms with Gasteiger partial charge in [-0.1, -0.05) is 12.1 Å². The summed E-state index contributed by atoms with van der Waals surface area (Å²) < 4.78 is 11.2. The van der Waals surface area contributed by atoms with Crippen molar-refractivity contribution in [2.45, 2.75) is 25.8 Å². The molecule has 0 radical (unpaired) electrons. The molecule has 0 spiro atoms. The Bertz CT molecular complexity index is 361. The minimum absolute atomic E-state index is 0.498. The molecular weight excluding hydrogens is 226 g/mol. The van der Waals surface area contributed by atoms with E-state index in [1.165, 1.54) is 5.56 Å². The molecule has 2 atom stereocenters. The number of aryl methyl sites for hydroxylation is 1. The van der Waals surface area contributed by atoms with Gasteiger partial charge in [-0.2, -0.15) is 0 Å². The molecule has 0 bridgehead atoms. The molecule has 1 aromatic carbocycles. The van der Waals surface area contributed by atoms with Crippen LogP contribution in [-0.2, 0) is 4.74 Å². The van der Waals surface area contributed by atoms with E-state index in [0.717, 1.165) is 38.4 Å². The molecule has 1 aromatic rings. The van der Waals surface area contributed by atoms with Gasteiger partial charge in [-0.05, 0) is 50.4 Å². The average molecular weight is 249 g/mol. The van der Waals surface area contributed by atoms with Crippen LogP contribution in [0.5, 0.6) is 5.75 Å². The second-order valence-corrected chi connectivity index (χ2v) is 4.97. The third kappa shape index (κ3) is 3.72. The van der Waals surface area contributed by atoms with Crippen LogP contribution in [0.1, 0.15) is 18.4 Å². The van der Waals surface area contributed by atoms with E-state index in [-0.39, 0.29) is 0 Å². The van der Waals surface area contributed by atoms with Crippen LogP contribution in [0.3, 0.4) is 0 Å². The summed E-state index contributed by atoms with van der Waals surface area (Å²) in [5.41, 5.74) is 1.24. The topological polar surface area (TPSA) is 30.5 Å². The summed E-state index contributed by atoms with van der Waals surface area (Å²) in [6, 6.07) is 8.70. The van der Waals surface area contributed by atoms with E-state index in [0.29, 0.717) is 12.0 Å². The van der Waals surface area contributed by atoms with Crippen molar-refractivity contribution < 1.29 is 9.47 Å². The maximum atomic E-state index is 5.80. The number of nitrogens with one attached hydrogen (secondary N) is 1. The van der Waals surface area contributed by atoms with Crippen LogP contribution in [0.15, 0.2) is 24.3 Å². The molecule has 0 aromatic heterocycles. The molecule has 1 heterocycles. The zero-order chi connectivity index (χ0) is 12.8. The maximum Gasteiger partial charge on any atom is 0.119 e. The van der Waals surface area contributed by atoms with Crippen LogP contribution >= 0.6 is 0 Å². The summed E-state index contributed by atoms with van der Waals surface area (Å²) in [6.45, 7) is 4.63. The fourth-order valence-corrected chi connectivity index (χ4v) is 2.49. The van der Waals surface area contributed by atoms with Gasteiger partial charge in [-0.3, -0.25) is 0 Å². The third-order valence-corrected chi connectivity index (χ3v) is 3.59. The maximum absolute atomic E-state index is 5.80. The smallest absolute Gasteiger partial charge is 0.119 e. The molecule has 1 fully saturated rings. The van der Waals surface area contributed by atoms with Crippen LogP contribution in [-0.4, -0.2) is 32.9 Å². The zero-order valence-electron chi connectivity index (χ0n) is 11.3. The summed E-state index contributed by atoms with van der Waals surface area (Å²) in [4.78, 5) is 0. The first-order valence-electron chi connectivity index (χ1n) is 6.74. The fraction of sp³-hybridized carbons (Fsp3) is 0.600. The second kappa shape index (κ2) is 6.76. The van der Waals surface area contributed by atoms with Gasteiger partial charge < -0.3 is 14.8 Å². The van der Waals surface area contributed by atoms with Gasteiger partial charge in [0.1, 0.15) is 5.75 Å². The summed E-state index contributed by atoms with van der Waals surface area (Å²) in [5.74, 6) is 1.60. The first-order valence-corrected chi connectivity index (χ1v) is 6.74. The Morgan fingerprint density at radius 2 is 2.39 bits per heavy atom. The molecular formula is C15H23NO2. The molecule has 0 aliphatic carbocycles. The third-order valence-electron chi connectivity index (χ3n) is 3.59. The van der Waals surface area contributed by atoms with E-state index in [9.17, 15) is 0 Å². The van der Waals surface area contributed by atoms with Crippen LogP contribution in [0.2, 0.25) is 0 Å². The molecule has 100 valence electrons. The summed E-state index contributed by atoms with van der Waals surface area (Å²) >= 11 is 0. The minimum Gasteiger partial charge on any atom is -0.494 e. The van der Waals surface area contributed by atoms with Crippen molar-refractivity contribution in [3.05, 3.63) is 29.8 Å². The van der Waals surface area contributed by atoms with Gasteiger partial charge in [0.15, 0.2) is 0 Å². The highest BCUT2D eigenvalue weighted by Crippen LogP contribution is 2.19. The van der Waals surface area contributed by atoms with Crippen molar-refractivity contribution in [1.82, 2.24) is 5.32 Å². The number of ether oxygens (including phenoxy) is 2. The largest absolute Gasteiger partial charge is 0.494 e. The molecule has 3 heteroatoms. The highest BCUT2D eigenvalue weighted by atomic mass is 16.5. The Kier molecular flexibility index (Phi) is 5.02. The summed E-state index contributed by atoms with van der Waals surface area (Å²) in [6.07, 6.45) is 2.19. The number of benzene rings is 1. The van der Waals surface area contributed by atoms with Gasteiger partial charge in [-0.15, -0.1) is 0 Å². The first-order chi connectivity index (χ1) is 8.79. The van der Waals surface area contributed by atoms with Crippen molar-refractivity contribution in [1.29, 1.82) is 0 Å². The average Bonchev–Trinajstić information content (AvgIpc) is 2.88. The molecule has 1 saturated heterocycles. The predicted octanol–water partition coefficient (Wildman–Crippen LogP) is 2.39. The lowest BCUT2D eigenvalue weighted by molar-refractivity contribution is 0.172. The number of rotatable bonds is 6. The number of hydrogen-bond donors (Lipinski definition) is 1. The molecule has 0 saturated carbocycles. The highest BCUT2D eigenvalue weighted by Gasteiger charge is 2.24. The van der Waals surface area contributed by atoms with Crippen LogP contribution in [0.4, 0.5) is 0 Å². The lowest BCUT2D eigenvalue weighted by atomic mass is 9.97. The summed E-state index contributed by atoms with van der Waals surface area (Å²) in [7, 11) is 2.02. The number of hydrogen-bond acceptors (Lipinski definition) is 3.